The molecule has 1 amide bonds. The van der Waals surface area contributed by atoms with Gasteiger partial charge in [0.2, 0.25) is 5.95 Å². The van der Waals surface area contributed by atoms with E-state index in [2.05, 4.69) is 71.7 Å². The predicted octanol–water partition coefficient (Wildman–Crippen LogP) is 2.63. The number of benzene rings is 1. The Morgan fingerprint density at radius 1 is 1.10 bits per heavy atom. The molecule has 3 aromatic heterocycles. The van der Waals surface area contributed by atoms with Gasteiger partial charge in [-0.25, -0.2) is 14.6 Å². The molecule has 2 N–H and O–H groups in total. The molecule has 6 rings (SSSR count). The van der Waals surface area contributed by atoms with E-state index in [1.54, 1.807) is 11.0 Å². The third-order valence-corrected chi connectivity index (χ3v) is 8.39. The van der Waals surface area contributed by atoms with Crippen molar-refractivity contribution < 1.29 is 4.79 Å². The molecule has 0 spiro atoms. The topological polar surface area (TPSA) is 137 Å². The molecule has 0 unspecified atom stereocenters. The minimum Gasteiger partial charge on any atom is -0.353 e. The summed E-state index contributed by atoms with van der Waals surface area (Å²) in [5, 5.41) is 23.7. The number of piperazine rings is 1. The maximum Gasteiger partial charge on any atom is 0.255 e. The number of carbonyl (C=O) groups excluding carboxylic acids is 1. The van der Waals surface area contributed by atoms with Crippen molar-refractivity contribution in [2.75, 3.05) is 42.3 Å². The van der Waals surface area contributed by atoms with Gasteiger partial charge in [0, 0.05) is 55.1 Å². The Morgan fingerprint density at radius 3 is 2.60 bits per heavy atom. The van der Waals surface area contributed by atoms with Gasteiger partial charge >= 0.3 is 0 Å². The average molecular weight is 543 g/mol. The Hall–Kier alpha value is -4.39. The highest BCUT2D eigenvalue weighted by Crippen LogP contribution is 2.37. The first-order valence-corrected chi connectivity index (χ1v) is 13.4. The van der Waals surface area contributed by atoms with Gasteiger partial charge in [0.25, 0.3) is 5.91 Å². The highest BCUT2D eigenvalue weighted by molar-refractivity contribution is 6.07. The number of likely N-dealkylation sites (N-methyl/N-ethyl adjacent to an activating group) is 1. The van der Waals surface area contributed by atoms with E-state index in [9.17, 15) is 4.79 Å². The Kier molecular flexibility index (Phi) is 6.06. The number of nitrogens with one attached hydrogen (secondary N) is 2. The third-order valence-electron chi connectivity index (χ3n) is 8.39. The average Bonchev–Trinajstić information content (AvgIpc) is 3.58. The predicted molar refractivity (Wildman–Crippen MR) is 153 cm³/mol. The number of anilines is 3. The van der Waals surface area contributed by atoms with Gasteiger partial charge in [-0.15, -0.1) is 0 Å². The van der Waals surface area contributed by atoms with Gasteiger partial charge in [0.05, 0.1) is 22.3 Å². The Labute approximate surface area is 232 Å². The van der Waals surface area contributed by atoms with E-state index in [1.165, 1.54) is 0 Å². The zero-order valence-electron chi connectivity index (χ0n) is 23.8. The fourth-order valence-corrected chi connectivity index (χ4v) is 5.78. The van der Waals surface area contributed by atoms with Crippen LogP contribution in [0.1, 0.15) is 34.6 Å². The Morgan fingerprint density at radius 2 is 1.85 bits per heavy atom. The van der Waals surface area contributed by atoms with Crippen LogP contribution in [0.4, 0.5) is 17.5 Å². The summed E-state index contributed by atoms with van der Waals surface area (Å²) >= 11 is 0. The van der Waals surface area contributed by atoms with E-state index >= 15 is 0 Å². The highest BCUT2D eigenvalue weighted by Gasteiger charge is 2.41. The van der Waals surface area contributed by atoms with Crippen LogP contribution >= 0.6 is 0 Å². The van der Waals surface area contributed by atoms with Crippen LogP contribution in [0.2, 0.25) is 0 Å². The lowest BCUT2D eigenvalue weighted by Crippen LogP contribution is -2.55. The van der Waals surface area contributed by atoms with E-state index in [0.717, 1.165) is 41.2 Å². The summed E-state index contributed by atoms with van der Waals surface area (Å²) in [4.78, 5) is 29.3. The molecule has 1 saturated heterocycles. The molecule has 0 saturated carbocycles. The molecule has 208 valence electrons. The minimum absolute atomic E-state index is 0.220. The van der Waals surface area contributed by atoms with Gasteiger partial charge in [-0.3, -0.25) is 14.8 Å². The number of fused-ring (bicyclic) bond motifs is 2. The van der Waals surface area contributed by atoms with Crippen molar-refractivity contribution in [1.82, 2.24) is 45.3 Å². The number of allylic oxidation sites excluding steroid dienone is 1. The zero-order chi connectivity index (χ0) is 28.3. The van der Waals surface area contributed by atoms with E-state index < -0.39 is 5.54 Å². The summed E-state index contributed by atoms with van der Waals surface area (Å²) in [6.07, 6.45) is 1.59. The van der Waals surface area contributed by atoms with E-state index in [1.807, 2.05) is 57.0 Å². The minimum atomic E-state index is -0.736. The fraction of sp³-hybridized carbons (Fsp3) is 0.444. The van der Waals surface area contributed by atoms with Crippen molar-refractivity contribution in [1.29, 1.82) is 0 Å². The summed E-state index contributed by atoms with van der Waals surface area (Å²) in [5.74, 6) is 1.25. The number of amides is 1. The van der Waals surface area contributed by atoms with Crippen LogP contribution in [0.15, 0.2) is 41.9 Å². The number of aromatic amines is 1. The monoisotopic (exact) mass is 542 g/mol. The molecule has 4 aromatic rings. The van der Waals surface area contributed by atoms with Crippen molar-refractivity contribution in [3.63, 3.8) is 0 Å². The van der Waals surface area contributed by atoms with Crippen molar-refractivity contribution in [2.24, 2.45) is 0 Å². The summed E-state index contributed by atoms with van der Waals surface area (Å²) in [6.45, 7) is 12.0. The fourth-order valence-electron chi connectivity index (χ4n) is 5.78. The zero-order valence-corrected chi connectivity index (χ0v) is 23.8. The standard InChI is InChI=1S/C27H34N12O/c1-15-12-38(13-16(2)36(15)6)22-11-21(28-14-29-22)24-19-10-18(8-9-20(19)31-32-24)30-25(40)23-17(3)37(7)26-33-34-35-39(26)27(23,4)5/h8-11,14-16H,12-13H2,1-7H3,(H,30,40)(H,31,32)/t15-,16+. The van der Waals surface area contributed by atoms with E-state index in [4.69, 9.17) is 0 Å². The molecule has 0 aliphatic carbocycles. The summed E-state index contributed by atoms with van der Waals surface area (Å²) in [5.41, 5.74) is 3.56. The van der Waals surface area contributed by atoms with Gasteiger partial charge in [-0.1, -0.05) is 5.10 Å². The molecular weight excluding hydrogens is 508 g/mol. The van der Waals surface area contributed by atoms with Crippen LogP contribution in [0.5, 0.6) is 0 Å². The number of rotatable bonds is 4. The van der Waals surface area contributed by atoms with Crippen LogP contribution in [0.3, 0.4) is 0 Å². The van der Waals surface area contributed by atoms with E-state index in [0.29, 0.717) is 35.0 Å². The number of aromatic nitrogens is 8. The number of H-pyrrole nitrogens is 1. The van der Waals surface area contributed by atoms with Crippen LogP contribution in [-0.4, -0.2) is 90.4 Å². The normalized spacial score (nSPS) is 21.2. The summed E-state index contributed by atoms with van der Waals surface area (Å²) in [6, 6.07) is 8.51. The molecule has 1 fully saturated rings. The third kappa shape index (κ3) is 4.08. The number of hydrogen-bond acceptors (Lipinski definition) is 10. The van der Waals surface area contributed by atoms with Gasteiger partial charge < -0.3 is 15.1 Å². The molecule has 13 heteroatoms. The smallest absolute Gasteiger partial charge is 0.255 e. The lowest BCUT2D eigenvalue weighted by atomic mass is 9.89. The molecule has 40 heavy (non-hydrogen) atoms. The van der Waals surface area contributed by atoms with Crippen molar-refractivity contribution in [3.05, 3.63) is 41.9 Å². The summed E-state index contributed by atoms with van der Waals surface area (Å²) in [7, 11) is 4.02. The Balaban J connectivity index is 1.30. The first kappa shape index (κ1) is 25.9. The number of nitrogens with zero attached hydrogens (tertiary/aromatic N) is 10. The molecule has 0 radical (unpaired) electrons. The Bertz CT molecular complexity index is 1620. The number of hydrogen-bond donors (Lipinski definition) is 2. The highest BCUT2D eigenvalue weighted by atomic mass is 16.1. The van der Waals surface area contributed by atoms with Crippen LogP contribution in [0.25, 0.3) is 22.3 Å². The largest absolute Gasteiger partial charge is 0.353 e. The van der Waals surface area contributed by atoms with Gasteiger partial charge in [-0.2, -0.15) is 5.10 Å². The SMILES string of the molecule is CC1=C(C(=O)Nc2ccc3[nH]nc(-c4cc(N5C[C@@H](C)N(C)[C@@H](C)C5)ncn4)c3c2)C(C)(C)n2nnnc2N1C. The molecule has 5 heterocycles. The quantitative estimate of drug-likeness (QED) is 0.396. The van der Waals surface area contributed by atoms with E-state index in [-0.39, 0.29) is 5.91 Å². The lowest BCUT2D eigenvalue weighted by molar-refractivity contribution is -0.113. The lowest BCUT2D eigenvalue weighted by Gasteiger charge is -2.42. The molecule has 2 aliphatic heterocycles. The van der Waals surface area contributed by atoms with Gasteiger partial charge in [-0.05, 0) is 70.3 Å². The van der Waals surface area contributed by atoms with Gasteiger partial charge in [0.15, 0.2) is 0 Å². The van der Waals surface area contributed by atoms with Crippen molar-refractivity contribution in [3.8, 4) is 11.4 Å². The maximum absolute atomic E-state index is 13.7. The number of carbonyl (C=O) groups is 1. The van der Waals surface area contributed by atoms with Crippen LogP contribution < -0.4 is 15.1 Å². The summed E-state index contributed by atoms with van der Waals surface area (Å²) < 4.78 is 1.67. The number of tetrazole rings is 1. The van der Waals surface area contributed by atoms with Crippen molar-refractivity contribution in [2.45, 2.75) is 52.2 Å². The molecule has 1 aromatic carbocycles. The second-order valence-corrected chi connectivity index (χ2v) is 11.3. The van der Waals surface area contributed by atoms with Crippen molar-refractivity contribution >= 4 is 34.3 Å². The molecule has 2 aliphatic rings. The maximum atomic E-state index is 13.7. The first-order chi connectivity index (χ1) is 19.1. The van der Waals surface area contributed by atoms with Gasteiger partial charge in [0.1, 0.15) is 17.8 Å². The molecule has 2 atom stereocenters. The van der Waals surface area contributed by atoms with Crippen LogP contribution in [-0.2, 0) is 10.3 Å². The molecule has 13 nitrogen and oxygen atoms in total. The first-order valence-electron chi connectivity index (χ1n) is 13.4. The second-order valence-electron chi connectivity index (χ2n) is 11.3. The molecular formula is C27H34N12O. The molecule has 0 bridgehead atoms. The van der Waals surface area contributed by atoms with Crippen LogP contribution in [0, 0.1) is 0 Å². The second kappa shape index (κ2) is 9.37.